The van der Waals surface area contributed by atoms with E-state index in [-0.39, 0.29) is 6.15 Å². The molecule has 0 saturated carbocycles. The lowest BCUT2D eigenvalue weighted by atomic mass is 10.00. The second kappa shape index (κ2) is 8.23. The molecule has 1 heterocycles. The van der Waals surface area contributed by atoms with Crippen molar-refractivity contribution in [2.45, 2.75) is 19.8 Å². The average Bonchev–Trinajstić information content (AvgIpc) is 3.06. The van der Waals surface area contributed by atoms with Crippen LogP contribution >= 0.6 is 11.3 Å². The molecule has 3 rings (SSSR count). The smallest absolute Gasteiger partial charge is 0.186 e. The molecule has 2 aromatic carbocycles. The third-order valence-electron chi connectivity index (χ3n) is 3.57. The van der Waals surface area contributed by atoms with E-state index in [1.807, 2.05) is 11.3 Å². The van der Waals surface area contributed by atoms with E-state index >= 15 is 0 Å². The van der Waals surface area contributed by atoms with Gasteiger partial charge in [-0.2, -0.15) is 9.59 Å². The molecule has 0 aliphatic heterocycles. The fourth-order valence-corrected chi connectivity index (χ4v) is 3.23. The van der Waals surface area contributed by atoms with Gasteiger partial charge in [-0.15, -0.1) is 11.3 Å². The predicted molar refractivity (Wildman–Crippen MR) is 94.3 cm³/mol. The first kappa shape index (κ1) is 16.9. The summed E-state index contributed by atoms with van der Waals surface area (Å²) in [5.74, 6) is 0.589. The zero-order valence-electron chi connectivity index (χ0n) is 13.2. The Kier molecular flexibility index (Phi) is 6.04. The third kappa shape index (κ3) is 4.49. The molecule has 0 unspecified atom stereocenters. The van der Waals surface area contributed by atoms with Crippen LogP contribution < -0.4 is 0 Å². The van der Waals surface area contributed by atoms with Gasteiger partial charge in [-0.1, -0.05) is 68.4 Å². The van der Waals surface area contributed by atoms with Crippen LogP contribution in [0.3, 0.4) is 0 Å². The summed E-state index contributed by atoms with van der Waals surface area (Å²) in [6, 6.07) is 21.8. The summed E-state index contributed by atoms with van der Waals surface area (Å²) in [5, 5.41) is 2.24. The fraction of sp³-hybridized carbons (Fsp3) is 0.150. The first-order valence-electron chi connectivity index (χ1n) is 7.39. The van der Waals surface area contributed by atoms with Crippen LogP contribution in [0, 0.1) is 0 Å². The van der Waals surface area contributed by atoms with Gasteiger partial charge in [0.25, 0.3) is 0 Å². The average molecular weight is 322 g/mol. The van der Waals surface area contributed by atoms with Crippen molar-refractivity contribution in [3.8, 4) is 21.6 Å². The molecule has 3 aromatic rings. The number of thiophene rings is 1. The highest BCUT2D eigenvalue weighted by atomic mass is 32.1. The van der Waals surface area contributed by atoms with Crippen molar-refractivity contribution < 1.29 is 9.59 Å². The van der Waals surface area contributed by atoms with Crippen LogP contribution in [0.4, 0.5) is 0 Å². The summed E-state index contributed by atoms with van der Waals surface area (Å²) < 4.78 is 0. The normalized spacial score (nSPS) is 9.87. The summed E-state index contributed by atoms with van der Waals surface area (Å²) in [4.78, 5) is 17.6. The zero-order chi connectivity index (χ0) is 16.7. The second-order valence-electron chi connectivity index (χ2n) is 5.43. The van der Waals surface area contributed by atoms with Crippen LogP contribution in [0.2, 0.25) is 0 Å². The van der Waals surface area contributed by atoms with Gasteiger partial charge < -0.3 is 0 Å². The van der Waals surface area contributed by atoms with Gasteiger partial charge in [0.05, 0.1) is 0 Å². The monoisotopic (exact) mass is 322 g/mol. The molecule has 0 aliphatic carbocycles. The van der Waals surface area contributed by atoms with Crippen molar-refractivity contribution in [2.75, 3.05) is 0 Å². The molecule has 0 radical (unpaired) electrons. The van der Waals surface area contributed by atoms with Crippen LogP contribution in [0.1, 0.15) is 25.3 Å². The summed E-state index contributed by atoms with van der Waals surface area (Å²) in [7, 11) is 0. The molecule has 0 amide bonds. The van der Waals surface area contributed by atoms with E-state index < -0.39 is 0 Å². The molecule has 3 heteroatoms. The summed E-state index contributed by atoms with van der Waals surface area (Å²) in [6.45, 7) is 4.46. The lowest BCUT2D eigenvalue weighted by Gasteiger charge is -2.05. The summed E-state index contributed by atoms with van der Waals surface area (Å²) >= 11 is 1.81. The molecule has 0 spiro atoms. The van der Waals surface area contributed by atoms with Crippen LogP contribution in [0.25, 0.3) is 21.6 Å². The van der Waals surface area contributed by atoms with Crippen molar-refractivity contribution in [2.24, 2.45) is 0 Å². The van der Waals surface area contributed by atoms with Gasteiger partial charge in [-0.3, -0.25) is 0 Å². The lowest BCUT2D eigenvalue weighted by molar-refractivity contribution is -0.191. The minimum atomic E-state index is 0.250. The fourth-order valence-electron chi connectivity index (χ4n) is 2.30. The number of benzene rings is 2. The second-order valence-corrected chi connectivity index (χ2v) is 6.34. The number of rotatable bonds is 3. The van der Waals surface area contributed by atoms with E-state index in [1.54, 1.807) is 0 Å². The van der Waals surface area contributed by atoms with E-state index in [2.05, 4.69) is 79.9 Å². The van der Waals surface area contributed by atoms with Crippen molar-refractivity contribution in [3.63, 3.8) is 0 Å². The van der Waals surface area contributed by atoms with Gasteiger partial charge in [0.2, 0.25) is 0 Å². The van der Waals surface area contributed by atoms with Crippen molar-refractivity contribution in [3.05, 3.63) is 71.6 Å². The van der Waals surface area contributed by atoms with Crippen LogP contribution in [0.15, 0.2) is 66.0 Å². The maximum Gasteiger partial charge on any atom is 0.373 e. The molecule has 0 atom stereocenters. The minimum Gasteiger partial charge on any atom is -0.186 e. The zero-order valence-corrected chi connectivity index (χ0v) is 14.0. The molecule has 0 aliphatic rings. The van der Waals surface area contributed by atoms with Gasteiger partial charge in [0.15, 0.2) is 0 Å². The molecular formula is C20H18O2S. The molecule has 0 fully saturated rings. The molecule has 0 saturated heterocycles. The van der Waals surface area contributed by atoms with E-state index in [0.29, 0.717) is 5.92 Å². The Bertz CT molecular complexity index is 765. The summed E-state index contributed by atoms with van der Waals surface area (Å²) in [5.41, 5.74) is 5.30. The highest BCUT2D eigenvalue weighted by Crippen LogP contribution is 2.32. The largest absolute Gasteiger partial charge is 0.373 e. The predicted octanol–water partition coefficient (Wildman–Crippen LogP) is 5.62. The van der Waals surface area contributed by atoms with Crippen molar-refractivity contribution in [1.29, 1.82) is 0 Å². The third-order valence-corrected chi connectivity index (χ3v) is 4.55. The Labute approximate surface area is 140 Å². The first-order valence-corrected chi connectivity index (χ1v) is 8.27. The minimum absolute atomic E-state index is 0.250. The number of carbonyl (C=O) groups excluding carboxylic acids is 2. The number of hydrogen-bond donors (Lipinski definition) is 0. The number of hydrogen-bond acceptors (Lipinski definition) is 3. The maximum absolute atomic E-state index is 8.12. The molecule has 0 N–H and O–H groups in total. The van der Waals surface area contributed by atoms with Gasteiger partial charge in [-0.05, 0) is 39.6 Å². The first-order chi connectivity index (χ1) is 11.2. The summed E-state index contributed by atoms with van der Waals surface area (Å²) in [6.07, 6.45) is 0.250. The van der Waals surface area contributed by atoms with Crippen molar-refractivity contribution >= 4 is 17.5 Å². The molecule has 1 aromatic heterocycles. The van der Waals surface area contributed by atoms with E-state index in [4.69, 9.17) is 9.59 Å². The van der Waals surface area contributed by atoms with Crippen LogP contribution in [-0.4, -0.2) is 6.15 Å². The van der Waals surface area contributed by atoms with Crippen molar-refractivity contribution in [1.82, 2.24) is 0 Å². The van der Waals surface area contributed by atoms with E-state index in [9.17, 15) is 0 Å². The topological polar surface area (TPSA) is 34.1 Å². The standard InChI is InChI=1S/C19H18S.CO2/c1-14(2)15-8-10-16(11-9-15)18-12-19(20-13-18)17-6-4-3-5-7-17;2-1-3/h3-14H,1-2H3;. The Hall–Kier alpha value is -2.48. The molecular weight excluding hydrogens is 304 g/mol. The molecule has 23 heavy (non-hydrogen) atoms. The highest BCUT2D eigenvalue weighted by molar-refractivity contribution is 7.14. The SMILES string of the molecule is CC(C)c1ccc(-c2csc(-c3ccccc3)c2)cc1.O=C=O. The van der Waals surface area contributed by atoms with E-state index in [1.165, 1.54) is 27.1 Å². The van der Waals surface area contributed by atoms with Gasteiger partial charge in [-0.25, -0.2) is 0 Å². The van der Waals surface area contributed by atoms with Gasteiger partial charge in [0, 0.05) is 4.88 Å². The Morgan fingerprint density at radius 2 is 1.43 bits per heavy atom. The molecule has 0 bridgehead atoms. The molecule has 116 valence electrons. The molecule has 2 nitrogen and oxygen atoms in total. The van der Waals surface area contributed by atoms with Gasteiger partial charge in [0.1, 0.15) is 0 Å². The quantitative estimate of drug-likeness (QED) is 0.627. The van der Waals surface area contributed by atoms with Gasteiger partial charge >= 0.3 is 6.15 Å². The van der Waals surface area contributed by atoms with Crippen LogP contribution in [0.5, 0.6) is 0 Å². The lowest BCUT2D eigenvalue weighted by Crippen LogP contribution is -1.85. The Morgan fingerprint density at radius 1 is 0.826 bits per heavy atom. The Morgan fingerprint density at radius 3 is 2.00 bits per heavy atom. The van der Waals surface area contributed by atoms with Crippen LogP contribution in [-0.2, 0) is 9.59 Å². The highest BCUT2D eigenvalue weighted by Gasteiger charge is 2.05. The Balaban J connectivity index is 0.000000595. The van der Waals surface area contributed by atoms with E-state index in [0.717, 1.165) is 0 Å². The maximum atomic E-state index is 8.12.